The van der Waals surface area contributed by atoms with Crippen LogP contribution in [0, 0.1) is 0 Å². The lowest BCUT2D eigenvalue weighted by atomic mass is 10.1. The number of para-hydroxylation sites is 4. The molecule has 2 aromatic heterocycles. The van der Waals surface area contributed by atoms with Crippen molar-refractivity contribution in [3.05, 3.63) is 83.9 Å². The Bertz CT molecular complexity index is 1520. The molecule has 0 saturated carbocycles. The fourth-order valence-corrected chi connectivity index (χ4v) is 3.61. The number of nitrogens with zero attached hydrogens (tertiary/aromatic N) is 2. The Morgan fingerprint density at radius 1 is 0.970 bits per heavy atom. The molecule has 2 heterocycles. The molecule has 164 valence electrons. The first-order chi connectivity index (χ1) is 16.2. The largest absolute Gasteiger partial charge is 0.496 e. The molecule has 0 radical (unpaired) electrons. The monoisotopic (exact) mass is 440 g/mol. The predicted octanol–water partition coefficient (Wildman–Crippen LogP) is 4.24. The number of amides is 1. The summed E-state index contributed by atoms with van der Waals surface area (Å²) in [5.41, 5.74) is 5.87. The second-order valence-electron chi connectivity index (χ2n) is 7.20. The SMILES string of the molecule is COc1ccccc1C(=O)NN=c1oc2c(OC)cccc2cc1-c1nc2ccccc2[nH]1. The van der Waals surface area contributed by atoms with E-state index in [1.165, 1.54) is 7.11 Å². The number of H-pyrrole nitrogens is 1. The first-order valence-corrected chi connectivity index (χ1v) is 10.2. The van der Waals surface area contributed by atoms with Crippen LogP contribution in [-0.2, 0) is 0 Å². The number of rotatable bonds is 5. The molecule has 2 N–H and O–H groups in total. The first kappa shape index (κ1) is 20.3. The number of methoxy groups -OCH3 is 2. The smallest absolute Gasteiger partial charge is 0.275 e. The molecule has 0 bridgehead atoms. The lowest BCUT2D eigenvalue weighted by Gasteiger charge is -2.08. The average Bonchev–Trinajstić information content (AvgIpc) is 3.30. The molecule has 5 rings (SSSR count). The van der Waals surface area contributed by atoms with Crippen LogP contribution >= 0.6 is 0 Å². The minimum Gasteiger partial charge on any atom is -0.496 e. The van der Waals surface area contributed by atoms with Crippen molar-refractivity contribution in [2.75, 3.05) is 14.2 Å². The molecule has 0 aliphatic rings. The van der Waals surface area contributed by atoms with Crippen molar-refractivity contribution >= 4 is 27.9 Å². The predicted molar refractivity (Wildman–Crippen MR) is 124 cm³/mol. The first-order valence-electron chi connectivity index (χ1n) is 10.2. The molecular formula is C25H20N4O4. The molecule has 0 aliphatic heterocycles. The lowest BCUT2D eigenvalue weighted by Crippen LogP contribution is -2.22. The molecule has 8 nitrogen and oxygen atoms in total. The molecule has 5 aromatic rings. The fraction of sp³-hybridized carbons (Fsp3) is 0.0800. The van der Waals surface area contributed by atoms with Crippen LogP contribution in [0.3, 0.4) is 0 Å². The highest BCUT2D eigenvalue weighted by Gasteiger charge is 2.15. The lowest BCUT2D eigenvalue weighted by molar-refractivity contribution is 0.0948. The van der Waals surface area contributed by atoms with E-state index in [1.807, 2.05) is 42.5 Å². The number of imidazole rings is 1. The van der Waals surface area contributed by atoms with Gasteiger partial charge in [-0.2, -0.15) is 0 Å². The fourth-order valence-electron chi connectivity index (χ4n) is 3.61. The van der Waals surface area contributed by atoms with Gasteiger partial charge in [-0.1, -0.05) is 36.4 Å². The average molecular weight is 440 g/mol. The Morgan fingerprint density at radius 3 is 2.55 bits per heavy atom. The zero-order valence-electron chi connectivity index (χ0n) is 18.0. The van der Waals surface area contributed by atoms with Crippen molar-refractivity contribution in [2.45, 2.75) is 0 Å². The van der Waals surface area contributed by atoms with Gasteiger partial charge in [-0.15, -0.1) is 5.10 Å². The third-order valence-electron chi connectivity index (χ3n) is 5.21. The summed E-state index contributed by atoms with van der Waals surface area (Å²) in [6, 6.07) is 22.1. The van der Waals surface area contributed by atoms with Crippen LogP contribution < -0.4 is 20.5 Å². The number of hydrogen-bond donors (Lipinski definition) is 2. The number of benzene rings is 3. The van der Waals surface area contributed by atoms with Crippen LogP contribution in [0.1, 0.15) is 10.4 Å². The molecule has 0 atom stereocenters. The van der Waals surface area contributed by atoms with Gasteiger partial charge < -0.3 is 18.9 Å². The highest BCUT2D eigenvalue weighted by Crippen LogP contribution is 2.27. The van der Waals surface area contributed by atoms with Gasteiger partial charge in [-0.3, -0.25) is 4.79 Å². The molecular weight excluding hydrogens is 420 g/mol. The second kappa shape index (κ2) is 8.51. The summed E-state index contributed by atoms with van der Waals surface area (Å²) in [4.78, 5) is 20.8. The van der Waals surface area contributed by atoms with Gasteiger partial charge in [0.1, 0.15) is 11.6 Å². The topological polar surface area (TPSA) is 102 Å². The highest BCUT2D eigenvalue weighted by atomic mass is 16.5. The van der Waals surface area contributed by atoms with E-state index in [9.17, 15) is 4.79 Å². The van der Waals surface area contributed by atoms with Gasteiger partial charge in [0.15, 0.2) is 11.3 Å². The van der Waals surface area contributed by atoms with E-state index in [4.69, 9.17) is 13.9 Å². The molecule has 1 amide bonds. The minimum atomic E-state index is -0.432. The van der Waals surface area contributed by atoms with Crippen molar-refractivity contribution in [1.29, 1.82) is 0 Å². The molecule has 3 aromatic carbocycles. The molecule has 33 heavy (non-hydrogen) atoms. The van der Waals surface area contributed by atoms with Crippen LogP contribution in [0.4, 0.5) is 0 Å². The summed E-state index contributed by atoms with van der Waals surface area (Å²) >= 11 is 0. The van der Waals surface area contributed by atoms with Crippen LogP contribution in [0.2, 0.25) is 0 Å². The van der Waals surface area contributed by atoms with E-state index in [0.29, 0.717) is 34.0 Å². The maximum absolute atomic E-state index is 12.8. The summed E-state index contributed by atoms with van der Waals surface area (Å²) in [6.45, 7) is 0. The maximum Gasteiger partial charge on any atom is 0.275 e. The molecule has 0 spiro atoms. The van der Waals surface area contributed by atoms with Crippen LogP contribution in [0.15, 0.2) is 82.3 Å². The molecule has 8 heteroatoms. The standard InChI is InChI=1S/C25H20N4O4/c1-31-20-12-6-3-9-16(20)24(30)28-29-25-17(23-26-18-10-4-5-11-19(18)27-23)14-15-8-7-13-21(32-2)22(15)33-25/h3-14H,1-2H3,(H,26,27)(H,28,30). The van der Waals surface area contributed by atoms with Crippen molar-refractivity contribution in [2.24, 2.45) is 5.10 Å². The number of hydrogen-bond acceptors (Lipinski definition) is 6. The summed E-state index contributed by atoms with van der Waals surface area (Å²) in [7, 11) is 3.08. The minimum absolute atomic E-state index is 0.175. The molecule has 0 saturated heterocycles. The summed E-state index contributed by atoms with van der Waals surface area (Å²) < 4.78 is 16.8. The number of aromatic nitrogens is 2. The van der Waals surface area contributed by atoms with E-state index < -0.39 is 5.91 Å². The van der Waals surface area contributed by atoms with Gasteiger partial charge in [-0.25, -0.2) is 10.4 Å². The van der Waals surface area contributed by atoms with Crippen LogP contribution in [-0.4, -0.2) is 30.1 Å². The molecule has 0 unspecified atom stereocenters. The van der Waals surface area contributed by atoms with Crippen molar-refractivity contribution < 1.29 is 18.7 Å². The third-order valence-corrected chi connectivity index (χ3v) is 5.21. The van der Waals surface area contributed by atoms with Gasteiger partial charge >= 0.3 is 0 Å². The van der Waals surface area contributed by atoms with E-state index in [2.05, 4.69) is 20.5 Å². The normalized spacial score (nSPS) is 11.6. The maximum atomic E-state index is 12.8. The third kappa shape index (κ3) is 3.78. The number of nitrogens with one attached hydrogen (secondary N) is 2. The Hall–Kier alpha value is -4.59. The van der Waals surface area contributed by atoms with Crippen molar-refractivity contribution in [3.8, 4) is 22.9 Å². The molecule has 0 fully saturated rings. The van der Waals surface area contributed by atoms with Crippen LogP contribution in [0.5, 0.6) is 11.5 Å². The summed E-state index contributed by atoms with van der Waals surface area (Å²) in [5, 5.41) is 5.10. The highest BCUT2D eigenvalue weighted by molar-refractivity contribution is 5.96. The van der Waals surface area contributed by atoms with Gasteiger partial charge in [0.25, 0.3) is 5.91 Å². The Morgan fingerprint density at radius 2 is 1.73 bits per heavy atom. The van der Waals surface area contributed by atoms with Gasteiger partial charge in [-0.05, 0) is 36.4 Å². The van der Waals surface area contributed by atoms with E-state index in [-0.39, 0.29) is 5.55 Å². The van der Waals surface area contributed by atoms with Gasteiger partial charge in [0, 0.05) is 5.39 Å². The molecule has 0 aliphatic carbocycles. The van der Waals surface area contributed by atoms with Crippen molar-refractivity contribution in [1.82, 2.24) is 15.4 Å². The summed E-state index contributed by atoms with van der Waals surface area (Å²) in [6.07, 6.45) is 0. The number of carbonyl (C=O) groups excluding carboxylic acids is 1. The van der Waals surface area contributed by atoms with Gasteiger partial charge in [0.05, 0.1) is 36.4 Å². The zero-order chi connectivity index (χ0) is 22.8. The Kier molecular flexibility index (Phi) is 5.24. The van der Waals surface area contributed by atoms with E-state index in [1.54, 1.807) is 37.4 Å². The van der Waals surface area contributed by atoms with Crippen LogP contribution in [0.25, 0.3) is 33.4 Å². The number of ether oxygens (including phenoxy) is 2. The summed E-state index contributed by atoms with van der Waals surface area (Å²) in [5.74, 6) is 1.13. The number of fused-ring (bicyclic) bond motifs is 2. The van der Waals surface area contributed by atoms with E-state index >= 15 is 0 Å². The number of aromatic amines is 1. The zero-order valence-corrected chi connectivity index (χ0v) is 18.0. The number of carbonyl (C=O) groups is 1. The Labute approximate surface area is 188 Å². The van der Waals surface area contributed by atoms with Gasteiger partial charge in [0.2, 0.25) is 5.55 Å². The quantitative estimate of drug-likeness (QED) is 0.398. The van der Waals surface area contributed by atoms with E-state index in [0.717, 1.165) is 16.4 Å². The van der Waals surface area contributed by atoms with Crippen molar-refractivity contribution in [3.63, 3.8) is 0 Å². The Balaban J connectivity index is 1.66. The second-order valence-corrected chi connectivity index (χ2v) is 7.20.